The van der Waals surface area contributed by atoms with Crippen molar-refractivity contribution in [3.63, 3.8) is 0 Å². The highest BCUT2D eigenvalue weighted by Crippen LogP contribution is 2.64. The molecule has 0 aromatic heterocycles. The summed E-state index contributed by atoms with van der Waals surface area (Å²) >= 11 is 0. The predicted octanol–water partition coefficient (Wildman–Crippen LogP) is 6.45. The van der Waals surface area contributed by atoms with Crippen molar-refractivity contribution in [1.29, 1.82) is 0 Å². The molecule has 0 saturated carbocycles. The second-order valence-electron chi connectivity index (χ2n) is 7.25. The van der Waals surface area contributed by atoms with Gasteiger partial charge >= 0.3 is 47.0 Å². The van der Waals surface area contributed by atoms with Crippen LogP contribution in [0, 0.1) is 0 Å². The van der Waals surface area contributed by atoms with Gasteiger partial charge in [-0.3, -0.25) is 0 Å². The molecule has 0 atom stereocenters. The summed E-state index contributed by atoms with van der Waals surface area (Å²) in [6.45, 7) is 1.71. The molecule has 0 rings (SSSR count). The van der Waals surface area contributed by atoms with E-state index in [2.05, 4.69) is 6.92 Å². The van der Waals surface area contributed by atoms with E-state index < -0.39 is 63.5 Å². The maximum Gasteiger partial charge on any atom is 0.460 e. The number of unbranched alkanes of at least 4 members (excludes halogenated alkanes) is 3. The largest absolute Gasteiger partial charge is 0.460 e. The van der Waals surface area contributed by atoms with E-state index in [9.17, 15) is 83.1 Å². The van der Waals surface area contributed by atoms with Crippen LogP contribution in [0.1, 0.15) is 39.5 Å². The summed E-state index contributed by atoms with van der Waals surface area (Å²) in [5, 5.41) is 0.794. The normalized spacial score (nSPS) is 15.3. The second-order valence-corrected chi connectivity index (χ2v) is 9.05. The molecule has 0 spiro atoms. The molecule has 0 aliphatic carbocycles. The number of alkyl halides is 17. The molecule has 0 radical (unpaired) electrons. The third kappa shape index (κ3) is 6.35. The maximum absolute atomic E-state index is 13.4. The average molecular weight is 629 g/mol. The monoisotopic (exact) mass is 629 g/mol. The van der Waals surface area contributed by atoms with Gasteiger partial charge in [0.25, 0.3) is 10.0 Å². The van der Waals surface area contributed by atoms with Crippen molar-refractivity contribution in [1.82, 2.24) is 4.72 Å². The number of rotatable bonds is 13. The average Bonchev–Trinajstić information content (AvgIpc) is 2.72. The smallest absolute Gasteiger partial charge is 0.396 e. The molecular weight excluding hydrogens is 609 g/mol. The van der Waals surface area contributed by atoms with Crippen molar-refractivity contribution in [2.75, 3.05) is 13.2 Å². The van der Waals surface area contributed by atoms with Crippen molar-refractivity contribution in [3.8, 4) is 0 Å². The molecule has 0 aromatic carbocycles. The first-order valence-electron chi connectivity index (χ1n) is 9.79. The molecule has 0 heterocycles. The third-order valence-corrected chi connectivity index (χ3v) is 5.98. The zero-order valence-corrected chi connectivity index (χ0v) is 19.7. The van der Waals surface area contributed by atoms with E-state index in [1.807, 2.05) is 0 Å². The molecule has 0 bridgehead atoms. The van der Waals surface area contributed by atoms with Gasteiger partial charge in [-0.15, -0.1) is 0 Å². The minimum absolute atomic E-state index is 0.361. The van der Waals surface area contributed by atoms with E-state index in [1.54, 1.807) is 0 Å². The Kier molecular flexibility index (Phi) is 12.3. The molecule has 232 valence electrons. The Morgan fingerprint density at radius 3 is 1.18 bits per heavy atom. The molecule has 0 fully saturated rings. The van der Waals surface area contributed by atoms with Crippen LogP contribution in [-0.4, -0.2) is 73.6 Å². The SMILES string of the molecule is CCCCCCO.CCNS(=O)(=O)C(F)(F)C(F)(F)C(F)(F)C(F)(F)C(F)(F)C(F)(F)C(F)(F)C(F)(F)F. The van der Waals surface area contributed by atoms with Gasteiger partial charge in [-0.05, 0) is 6.42 Å². The van der Waals surface area contributed by atoms with Gasteiger partial charge in [-0.2, -0.15) is 74.6 Å². The number of hydrogen-bond acceptors (Lipinski definition) is 3. The highest BCUT2D eigenvalue weighted by Gasteiger charge is 2.96. The van der Waals surface area contributed by atoms with Gasteiger partial charge < -0.3 is 5.11 Å². The van der Waals surface area contributed by atoms with Crippen LogP contribution in [0.25, 0.3) is 0 Å². The summed E-state index contributed by atoms with van der Waals surface area (Å²) in [6, 6.07) is 0. The molecule has 0 aliphatic heterocycles. The van der Waals surface area contributed by atoms with E-state index in [-0.39, 0.29) is 0 Å². The molecule has 2 N–H and O–H groups in total. The standard InChI is InChI=1S/C10H6F17NO2S.C6H14O/c1-2-28-31(29,30)10(26,27)8(21,22)6(17,18)4(13,14)3(11,12)5(15,16)7(19,20)9(23,24)25;1-2-3-4-5-6-7/h28H,2H2,1H3;7H,2-6H2,1H3. The molecular formula is C16H20F17NO3S. The van der Waals surface area contributed by atoms with Gasteiger partial charge in [0.15, 0.2) is 0 Å². The van der Waals surface area contributed by atoms with Crippen molar-refractivity contribution in [3.05, 3.63) is 0 Å². The first kappa shape index (κ1) is 38.8. The van der Waals surface area contributed by atoms with Crippen LogP contribution in [0.5, 0.6) is 0 Å². The Morgan fingerprint density at radius 1 is 0.553 bits per heavy atom. The third-order valence-electron chi connectivity index (χ3n) is 4.38. The van der Waals surface area contributed by atoms with Gasteiger partial charge in [-0.25, -0.2) is 13.1 Å². The van der Waals surface area contributed by atoms with Crippen molar-refractivity contribution in [2.24, 2.45) is 0 Å². The zero-order chi connectivity index (χ0) is 31.4. The quantitative estimate of drug-likeness (QED) is 0.182. The second kappa shape index (κ2) is 12.0. The van der Waals surface area contributed by atoms with E-state index in [1.165, 1.54) is 19.3 Å². The van der Waals surface area contributed by atoms with Gasteiger partial charge in [0.05, 0.1) is 0 Å². The number of sulfonamides is 1. The molecule has 0 aliphatic rings. The first-order valence-corrected chi connectivity index (χ1v) is 11.3. The lowest BCUT2D eigenvalue weighted by molar-refractivity contribution is -0.458. The van der Waals surface area contributed by atoms with Gasteiger partial charge in [-0.1, -0.05) is 33.1 Å². The van der Waals surface area contributed by atoms with Crippen LogP contribution in [0.3, 0.4) is 0 Å². The fraction of sp³-hybridized carbons (Fsp3) is 1.00. The van der Waals surface area contributed by atoms with Gasteiger partial charge in [0.1, 0.15) is 0 Å². The van der Waals surface area contributed by atoms with Gasteiger partial charge in [0, 0.05) is 13.2 Å². The van der Waals surface area contributed by atoms with Crippen LogP contribution in [0.4, 0.5) is 74.6 Å². The Labute approximate surface area is 203 Å². The highest BCUT2D eigenvalue weighted by molar-refractivity contribution is 7.90. The minimum Gasteiger partial charge on any atom is -0.396 e. The van der Waals surface area contributed by atoms with Crippen LogP contribution in [0.2, 0.25) is 0 Å². The Hall–Kier alpha value is -1.32. The number of hydrogen-bond donors (Lipinski definition) is 2. The molecule has 0 amide bonds. The Morgan fingerprint density at radius 2 is 0.895 bits per heavy atom. The van der Waals surface area contributed by atoms with Crippen LogP contribution < -0.4 is 4.72 Å². The number of halogens is 17. The number of nitrogens with one attached hydrogen (secondary N) is 1. The lowest BCUT2D eigenvalue weighted by Gasteiger charge is -2.42. The molecule has 0 saturated heterocycles. The summed E-state index contributed by atoms with van der Waals surface area (Å²) in [5.41, 5.74) is 0. The van der Waals surface area contributed by atoms with E-state index in [4.69, 9.17) is 5.11 Å². The minimum atomic E-state index is -8.81. The Balaban J connectivity index is 0. The first-order chi connectivity index (χ1) is 16.5. The Bertz CT molecular complexity index is 852. The number of aliphatic hydroxyl groups is 1. The predicted molar refractivity (Wildman–Crippen MR) is 94.5 cm³/mol. The van der Waals surface area contributed by atoms with Gasteiger partial charge in [0.2, 0.25) is 0 Å². The topological polar surface area (TPSA) is 66.4 Å². The van der Waals surface area contributed by atoms with E-state index >= 15 is 0 Å². The fourth-order valence-electron chi connectivity index (χ4n) is 2.14. The summed E-state index contributed by atoms with van der Waals surface area (Å²) in [5.74, 6) is -51.4. The van der Waals surface area contributed by atoms with Crippen LogP contribution >= 0.6 is 0 Å². The summed E-state index contributed by atoms with van der Waals surface area (Å²) < 4.78 is 242. The lowest BCUT2D eigenvalue weighted by Crippen LogP contribution is -2.75. The van der Waals surface area contributed by atoms with E-state index in [0.29, 0.717) is 18.3 Å². The van der Waals surface area contributed by atoms with Crippen LogP contribution in [0.15, 0.2) is 0 Å². The summed E-state index contributed by atoms with van der Waals surface area (Å²) in [4.78, 5) is 0. The molecule has 22 heteroatoms. The van der Waals surface area contributed by atoms with Crippen molar-refractivity contribution < 1.29 is 88.2 Å². The van der Waals surface area contributed by atoms with Crippen LogP contribution in [-0.2, 0) is 10.0 Å². The lowest BCUT2D eigenvalue weighted by atomic mass is 9.91. The fourth-order valence-corrected chi connectivity index (χ4v) is 3.16. The molecule has 0 aromatic rings. The summed E-state index contributed by atoms with van der Waals surface area (Å²) in [6.07, 6.45) is -3.17. The maximum atomic E-state index is 13.4. The molecule has 38 heavy (non-hydrogen) atoms. The highest BCUT2D eigenvalue weighted by atomic mass is 32.2. The molecule has 4 nitrogen and oxygen atoms in total. The van der Waals surface area contributed by atoms with Crippen molar-refractivity contribution >= 4 is 10.0 Å². The summed E-state index contributed by atoms with van der Waals surface area (Å²) in [7, 11) is -7.15. The number of aliphatic hydroxyl groups excluding tert-OH is 1. The van der Waals surface area contributed by atoms with Crippen molar-refractivity contribution in [2.45, 2.75) is 86.5 Å². The van der Waals surface area contributed by atoms with E-state index in [0.717, 1.165) is 6.42 Å². The zero-order valence-electron chi connectivity index (χ0n) is 18.8. The molecule has 0 unspecified atom stereocenters.